The van der Waals surface area contributed by atoms with Gasteiger partial charge in [0.1, 0.15) is 0 Å². The van der Waals surface area contributed by atoms with E-state index in [0.29, 0.717) is 17.2 Å². The third-order valence-corrected chi connectivity index (χ3v) is 4.29. The maximum absolute atomic E-state index is 12.1. The summed E-state index contributed by atoms with van der Waals surface area (Å²) in [7, 11) is 0. The second kappa shape index (κ2) is 5.74. The molecule has 0 aromatic heterocycles. The van der Waals surface area contributed by atoms with E-state index >= 15 is 0 Å². The van der Waals surface area contributed by atoms with Gasteiger partial charge in [-0.3, -0.25) is 4.90 Å². The molecule has 2 N–H and O–H groups in total. The maximum Gasteiger partial charge on any atom is 0.319 e. The van der Waals surface area contributed by atoms with Crippen LogP contribution in [0.1, 0.15) is 25.3 Å². The number of nitriles is 1. The number of likely N-dealkylation sites (tertiary alicyclic amines) is 1. The number of nitrogens with one attached hydrogen (secondary N) is 2. The van der Waals surface area contributed by atoms with Gasteiger partial charge in [0.25, 0.3) is 0 Å². The standard InChI is InChI=1S/C16H20N4O/c1-11-9-20(14-6-7-14)10-15(11)19-16(21)18-13-4-2-12(8-17)3-5-13/h2-5,11,14-15H,6-7,9-10H2,1H3,(H2,18,19,21). The molecule has 1 aliphatic heterocycles. The van der Waals surface area contributed by atoms with E-state index in [-0.39, 0.29) is 12.1 Å². The Balaban J connectivity index is 1.52. The van der Waals surface area contributed by atoms with E-state index in [0.717, 1.165) is 19.1 Å². The number of rotatable bonds is 3. The van der Waals surface area contributed by atoms with E-state index in [1.807, 2.05) is 0 Å². The highest BCUT2D eigenvalue weighted by molar-refractivity contribution is 5.89. The van der Waals surface area contributed by atoms with Crippen molar-refractivity contribution >= 4 is 11.7 Å². The first-order valence-corrected chi connectivity index (χ1v) is 7.47. The Morgan fingerprint density at radius 1 is 1.29 bits per heavy atom. The topological polar surface area (TPSA) is 68.2 Å². The van der Waals surface area contributed by atoms with Crippen molar-refractivity contribution < 1.29 is 4.79 Å². The van der Waals surface area contributed by atoms with Gasteiger partial charge in [0.2, 0.25) is 0 Å². The highest BCUT2D eigenvalue weighted by atomic mass is 16.2. The second-order valence-electron chi connectivity index (χ2n) is 6.06. The molecule has 3 rings (SSSR count). The number of amides is 2. The molecule has 1 heterocycles. The molecule has 2 unspecified atom stereocenters. The van der Waals surface area contributed by atoms with Crippen LogP contribution in [0.15, 0.2) is 24.3 Å². The third-order valence-electron chi connectivity index (χ3n) is 4.29. The van der Waals surface area contributed by atoms with Crippen molar-refractivity contribution in [2.24, 2.45) is 5.92 Å². The van der Waals surface area contributed by atoms with Crippen LogP contribution in [0, 0.1) is 17.2 Å². The highest BCUT2D eigenvalue weighted by Crippen LogP contribution is 2.31. The van der Waals surface area contributed by atoms with E-state index in [9.17, 15) is 4.79 Å². The van der Waals surface area contributed by atoms with Crippen molar-refractivity contribution in [2.45, 2.75) is 31.8 Å². The lowest BCUT2D eigenvalue weighted by Crippen LogP contribution is -2.42. The first kappa shape index (κ1) is 13.9. The molecular formula is C16H20N4O. The second-order valence-corrected chi connectivity index (χ2v) is 6.06. The fraction of sp³-hybridized carbons (Fsp3) is 0.500. The maximum atomic E-state index is 12.1. The van der Waals surface area contributed by atoms with E-state index in [1.165, 1.54) is 12.8 Å². The molecule has 2 atom stereocenters. The zero-order chi connectivity index (χ0) is 14.8. The van der Waals surface area contributed by atoms with Crippen LogP contribution < -0.4 is 10.6 Å². The van der Waals surface area contributed by atoms with Crippen molar-refractivity contribution in [3.8, 4) is 6.07 Å². The summed E-state index contributed by atoms with van der Waals surface area (Å²) in [5.74, 6) is 0.484. The van der Waals surface area contributed by atoms with Gasteiger partial charge in [-0.2, -0.15) is 5.26 Å². The average Bonchev–Trinajstić information content (AvgIpc) is 3.26. The van der Waals surface area contributed by atoms with Crippen LogP contribution in [0.2, 0.25) is 0 Å². The van der Waals surface area contributed by atoms with Crippen LogP contribution in [0.25, 0.3) is 0 Å². The number of hydrogen-bond donors (Lipinski definition) is 2. The van der Waals surface area contributed by atoms with Gasteiger partial charge < -0.3 is 10.6 Å². The zero-order valence-corrected chi connectivity index (χ0v) is 12.2. The van der Waals surface area contributed by atoms with Crippen LogP contribution in [-0.4, -0.2) is 36.1 Å². The number of urea groups is 1. The van der Waals surface area contributed by atoms with Crippen molar-refractivity contribution in [1.82, 2.24) is 10.2 Å². The molecule has 0 bridgehead atoms. The van der Waals surface area contributed by atoms with Gasteiger partial charge in [-0.1, -0.05) is 6.92 Å². The predicted octanol–water partition coefficient (Wildman–Crippen LogP) is 2.16. The molecule has 5 nitrogen and oxygen atoms in total. The molecule has 21 heavy (non-hydrogen) atoms. The quantitative estimate of drug-likeness (QED) is 0.893. The molecule has 2 aliphatic rings. The van der Waals surface area contributed by atoms with Gasteiger partial charge in [-0.25, -0.2) is 4.79 Å². The molecule has 5 heteroatoms. The summed E-state index contributed by atoms with van der Waals surface area (Å²) in [6.07, 6.45) is 2.60. The van der Waals surface area contributed by atoms with Crippen molar-refractivity contribution in [1.29, 1.82) is 5.26 Å². The fourth-order valence-corrected chi connectivity index (χ4v) is 2.89. The molecule has 1 aliphatic carbocycles. The molecular weight excluding hydrogens is 264 g/mol. The number of anilines is 1. The Morgan fingerprint density at radius 3 is 2.62 bits per heavy atom. The van der Waals surface area contributed by atoms with Crippen LogP contribution in [0.5, 0.6) is 0 Å². The molecule has 2 fully saturated rings. The third kappa shape index (κ3) is 3.34. The van der Waals surface area contributed by atoms with E-state index in [2.05, 4.69) is 28.5 Å². The molecule has 110 valence electrons. The Bertz CT molecular complexity index is 559. The summed E-state index contributed by atoms with van der Waals surface area (Å²) < 4.78 is 0. The summed E-state index contributed by atoms with van der Waals surface area (Å²) in [5, 5.41) is 14.6. The normalized spacial score (nSPS) is 25.3. The number of hydrogen-bond acceptors (Lipinski definition) is 3. The molecule has 0 spiro atoms. The van der Waals surface area contributed by atoms with E-state index < -0.39 is 0 Å². The summed E-state index contributed by atoms with van der Waals surface area (Å²) >= 11 is 0. The van der Waals surface area contributed by atoms with E-state index in [1.54, 1.807) is 24.3 Å². The molecule has 0 radical (unpaired) electrons. The average molecular weight is 284 g/mol. The van der Waals surface area contributed by atoms with Gasteiger partial charge in [0.15, 0.2) is 0 Å². The Kier molecular flexibility index (Phi) is 3.80. The van der Waals surface area contributed by atoms with Gasteiger partial charge in [0, 0.05) is 30.9 Å². The number of benzene rings is 1. The van der Waals surface area contributed by atoms with Gasteiger partial charge in [-0.15, -0.1) is 0 Å². The molecule has 1 aromatic carbocycles. The number of carbonyl (C=O) groups excluding carboxylic acids is 1. The lowest BCUT2D eigenvalue weighted by molar-refractivity contribution is 0.246. The Morgan fingerprint density at radius 2 is 2.00 bits per heavy atom. The van der Waals surface area contributed by atoms with Gasteiger partial charge >= 0.3 is 6.03 Å². The molecule has 1 saturated carbocycles. The summed E-state index contributed by atoms with van der Waals surface area (Å²) in [4.78, 5) is 14.5. The zero-order valence-electron chi connectivity index (χ0n) is 12.2. The number of nitrogens with zero attached hydrogens (tertiary/aromatic N) is 2. The first-order chi connectivity index (χ1) is 10.2. The SMILES string of the molecule is CC1CN(C2CC2)CC1NC(=O)Nc1ccc(C#N)cc1. The minimum atomic E-state index is -0.172. The fourth-order valence-electron chi connectivity index (χ4n) is 2.89. The van der Waals surface area contributed by atoms with Crippen LogP contribution in [0.4, 0.5) is 10.5 Å². The number of carbonyl (C=O) groups is 1. The van der Waals surface area contributed by atoms with Crippen molar-refractivity contribution in [2.75, 3.05) is 18.4 Å². The van der Waals surface area contributed by atoms with Gasteiger partial charge in [0.05, 0.1) is 11.6 Å². The summed E-state index contributed by atoms with van der Waals surface area (Å²) in [5.41, 5.74) is 1.29. The minimum absolute atomic E-state index is 0.172. The smallest absolute Gasteiger partial charge is 0.319 e. The van der Waals surface area contributed by atoms with Crippen molar-refractivity contribution in [3.63, 3.8) is 0 Å². The Labute approximate surface area is 124 Å². The van der Waals surface area contributed by atoms with E-state index in [4.69, 9.17) is 5.26 Å². The monoisotopic (exact) mass is 284 g/mol. The van der Waals surface area contributed by atoms with Crippen LogP contribution in [-0.2, 0) is 0 Å². The molecule has 2 amide bonds. The summed E-state index contributed by atoms with van der Waals surface area (Å²) in [6, 6.07) is 9.73. The minimum Gasteiger partial charge on any atom is -0.334 e. The first-order valence-electron chi connectivity index (χ1n) is 7.47. The lowest BCUT2D eigenvalue weighted by Gasteiger charge is -2.17. The van der Waals surface area contributed by atoms with Crippen LogP contribution >= 0.6 is 0 Å². The van der Waals surface area contributed by atoms with Crippen LogP contribution in [0.3, 0.4) is 0 Å². The largest absolute Gasteiger partial charge is 0.334 e. The Hall–Kier alpha value is -2.06. The van der Waals surface area contributed by atoms with Crippen molar-refractivity contribution in [3.05, 3.63) is 29.8 Å². The van der Waals surface area contributed by atoms with Gasteiger partial charge in [-0.05, 0) is 43.0 Å². The predicted molar refractivity (Wildman–Crippen MR) is 80.9 cm³/mol. The molecule has 1 saturated heterocycles. The lowest BCUT2D eigenvalue weighted by atomic mass is 10.1. The summed E-state index contributed by atoms with van der Waals surface area (Å²) in [6.45, 7) is 4.22. The molecule has 1 aromatic rings. The highest BCUT2D eigenvalue weighted by Gasteiger charge is 2.38.